The van der Waals surface area contributed by atoms with Gasteiger partial charge in [0, 0.05) is 74.7 Å². The normalized spacial score (nSPS) is 21.0. The Morgan fingerprint density at radius 2 is 1.66 bits per heavy atom. The number of benzene rings is 2. The lowest BCUT2D eigenvalue weighted by Gasteiger charge is -2.32. The van der Waals surface area contributed by atoms with Crippen molar-refractivity contribution < 1.29 is 44.3 Å². The van der Waals surface area contributed by atoms with Crippen LogP contribution in [0.1, 0.15) is 93.1 Å². The van der Waals surface area contributed by atoms with Crippen LogP contribution in [0.25, 0.3) is 11.3 Å². The van der Waals surface area contributed by atoms with Crippen molar-refractivity contribution in [3.63, 3.8) is 0 Å². The molecule has 62 heavy (non-hydrogen) atoms. The molecule has 3 fully saturated rings. The first-order valence-electron chi connectivity index (χ1n) is 21.0. The number of carbonyl (C=O) groups excluding carboxylic acids is 2. The molecule has 0 aliphatic carbocycles. The van der Waals surface area contributed by atoms with E-state index in [4.69, 9.17) is 0 Å². The Hall–Kier alpha value is -4.88. The van der Waals surface area contributed by atoms with E-state index in [0.717, 1.165) is 48.5 Å². The molecule has 2 aromatic carbocycles. The maximum Gasteiger partial charge on any atom is 0.419 e. The van der Waals surface area contributed by atoms with Crippen LogP contribution in [-0.2, 0) is 45.3 Å². The van der Waals surface area contributed by atoms with Gasteiger partial charge in [-0.1, -0.05) is 31.2 Å². The Kier molecular flexibility index (Phi) is 13.7. The lowest BCUT2D eigenvalue weighted by molar-refractivity contribution is -0.142. The third-order valence-electron chi connectivity index (χ3n) is 12.2. The number of amides is 2. The van der Waals surface area contributed by atoms with E-state index in [0.29, 0.717) is 81.6 Å². The smallest absolute Gasteiger partial charge is 0.383 e. The second kappa shape index (κ2) is 18.8. The molecule has 0 saturated carbocycles. The zero-order chi connectivity index (χ0) is 44.2. The van der Waals surface area contributed by atoms with Crippen LogP contribution in [0.3, 0.4) is 0 Å². The number of rotatable bonds is 15. The van der Waals surface area contributed by atoms with Gasteiger partial charge in [0.05, 0.1) is 22.7 Å². The summed E-state index contributed by atoms with van der Waals surface area (Å²) in [5.74, 6) is -0.548. The second-order valence-electron chi connectivity index (χ2n) is 16.4. The third kappa shape index (κ3) is 11.0. The molecule has 4 aromatic rings. The zero-order valence-electron chi connectivity index (χ0n) is 34.3. The first kappa shape index (κ1) is 45.2. The predicted molar refractivity (Wildman–Crippen MR) is 218 cm³/mol. The summed E-state index contributed by atoms with van der Waals surface area (Å²) in [5.41, 5.74) is 0.808. The van der Waals surface area contributed by atoms with Crippen LogP contribution < -0.4 is 10.6 Å². The summed E-state index contributed by atoms with van der Waals surface area (Å²) >= 11 is 0. The van der Waals surface area contributed by atoms with Crippen LogP contribution in [0.5, 0.6) is 0 Å². The molecule has 3 atom stereocenters. The number of nitrogens with one attached hydrogen (secondary N) is 2. The van der Waals surface area contributed by atoms with E-state index in [2.05, 4.69) is 37.5 Å². The number of aromatic nitrogens is 4. The van der Waals surface area contributed by atoms with Gasteiger partial charge in [-0.25, -0.2) is 18.4 Å². The fourth-order valence-corrected chi connectivity index (χ4v) is 10.4. The van der Waals surface area contributed by atoms with E-state index in [1.807, 2.05) is 30.3 Å². The topological polar surface area (TPSA) is 142 Å². The van der Waals surface area contributed by atoms with Gasteiger partial charge in [-0.2, -0.15) is 35.7 Å². The average molecular weight is 889 g/mol. The highest BCUT2D eigenvalue weighted by atomic mass is 32.2. The van der Waals surface area contributed by atoms with Gasteiger partial charge in [-0.05, 0) is 92.7 Å². The molecular weight excluding hydrogens is 839 g/mol. The number of hydrogen-bond donors (Lipinski definition) is 2. The van der Waals surface area contributed by atoms with Crippen molar-refractivity contribution in [2.24, 2.45) is 5.92 Å². The number of imide groups is 1. The number of nitrogens with zero attached hydrogens (tertiary/aromatic N) is 6. The molecule has 2 N–H and O–H groups in total. The molecule has 3 aliphatic heterocycles. The highest BCUT2D eigenvalue weighted by Crippen LogP contribution is 2.37. The summed E-state index contributed by atoms with van der Waals surface area (Å²) in [7, 11) is -3.78. The van der Waals surface area contributed by atoms with Crippen LogP contribution in [0, 0.1) is 5.92 Å². The molecule has 3 aliphatic rings. The minimum atomic E-state index is -4.83. The summed E-state index contributed by atoms with van der Waals surface area (Å²) in [4.78, 5) is 34.6. The number of carbonyl (C=O) groups is 2. The number of anilines is 1. The quantitative estimate of drug-likeness (QED) is 0.0907. The molecule has 19 heteroatoms. The van der Waals surface area contributed by atoms with E-state index in [1.54, 1.807) is 18.2 Å². The number of halogens is 6. The SMILES string of the molecule is CCC1CCC(CNc2ccc(C3CCC(=O)NC3=O)cc2)N1Cc1cccc(S(=O)(=O)N2CCC(CCCc3ncc(C(F)(F)F)c(-c4cnn(CC(F)(F)F)c4)n3)CC2)c1. The van der Waals surface area contributed by atoms with Gasteiger partial charge in [-0.3, -0.25) is 24.5 Å². The fourth-order valence-electron chi connectivity index (χ4n) is 8.88. The van der Waals surface area contributed by atoms with Gasteiger partial charge >= 0.3 is 12.4 Å². The Morgan fingerprint density at radius 1 is 0.919 bits per heavy atom. The van der Waals surface area contributed by atoms with Gasteiger partial charge in [0.25, 0.3) is 0 Å². The number of alkyl halides is 6. The molecule has 2 amide bonds. The van der Waals surface area contributed by atoms with Gasteiger partial charge in [0.15, 0.2) is 0 Å². The molecule has 0 spiro atoms. The lowest BCUT2D eigenvalue weighted by atomic mass is 9.90. The monoisotopic (exact) mass is 888 g/mol. The highest BCUT2D eigenvalue weighted by Gasteiger charge is 2.37. The maximum absolute atomic E-state index is 13.9. The number of likely N-dealkylation sites (tertiary alicyclic amines) is 1. The molecule has 12 nitrogen and oxygen atoms in total. The first-order chi connectivity index (χ1) is 29.5. The van der Waals surface area contributed by atoms with E-state index in [-0.39, 0.29) is 52.4 Å². The van der Waals surface area contributed by atoms with Crippen molar-refractivity contribution in [1.29, 1.82) is 0 Å². The maximum atomic E-state index is 13.9. The van der Waals surface area contributed by atoms with Gasteiger partial charge in [0.2, 0.25) is 21.8 Å². The summed E-state index contributed by atoms with van der Waals surface area (Å²) in [6.45, 7) is 2.65. The summed E-state index contributed by atoms with van der Waals surface area (Å²) in [6.07, 6.45) is -0.524. The summed E-state index contributed by atoms with van der Waals surface area (Å²) in [5, 5.41) is 9.52. The Bertz CT molecular complexity index is 2310. The summed E-state index contributed by atoms with van der Waals surface area (Å²) in [6, 6.07) is 15.5. The van der Waals surface area contributed by atoms with Crippen LogP contribution >= 0.6 is 0 Å². The third-order valence-corrected chi connectivity index (χ3v) is 14.1. The Morgan fingerprint density at radius 3 is 2.35 bits per heavy atom. The summed E-state index contributed by atoms with van der Waals surface area (Å²) < 4.78 is 110. The van der Waals surface area contributed by atoms with Crippen molar-refractivity contribution in [2.45, 2.75) is 119 Å². The van der Waals surface area contributed by atoms with E-state index >= 15 is 0 Å². The fraction of sp³-hybridized carbons (Fsp3) is 0.512. The molecule has 334 valence electrons. The molecule has 5 heterocycles. The van der Waals surface area contributed by atoms with Gasteiger partial charge in [0.1, 0.15) is 17.9 Å². The molecule has 7 rings (SSSR count). The minimum absolute atomic E-state index is 0.122. The van der Waals surface area contributed by atoms with Crippen LogP contribution in [0.15, 0.2) is 72.0 Å². The van der Waals surface area contributed by atoms with Crippen molar-refractivity contribution >= 4 is 27.5 Å². The van der Waals surface area contributed by atoms with Crippen LogP contribution in [0.4, 0.5) is 32.0 Å². The Balaban J connectivity index is 0.913. The number of piperidine rings is 2. The second-order valence-corrected chi connectivity index (χ2v) is 18.4. The highest BCUT2D eigenvalue weighted by molar-refractivity contribution is 7.89. The van der Waals surface area contributed by atoms with Crippen LogP contribution in [0.2, 0.25) is 0 Å². The predicted octanol–water partition coefficient (Wildman–Crippen LogP) is 7.72. The van der Waals surface area contributed by atoms with Gasteiger partial charge in [-0.15, -0.1) is 0 Å². The molecule has 3 unspecified atom stereocenters. The number of aryl methyl sites for hydroxylation is 1. The zero-order valence-corrected chi connectivity index (χ0v) is 35.1. The first-order valence-corrected chi connectivity index (χ1v) is 22.5. The standard InChI is InChI=1S/C43H50F6N8O4S/c1-2-33-13-14-34(23-50-32-11-9-30(10-12-32)36-15-16-39(58)54-41(36)59)57(33)25-29-6-3-7-35(21-29)62(60,61)56-19-17-28(18-20-56)5-4-8-38-51-24-37(43(47,48)49)40(53-38)31-22-52-55(26-31)27-42(44,45)46/h3,6-7,9-12,21-22,24,26,28,33-34,36,50H,2,4-5,8,13-20,23,25,27H2,1H3,(H,54,58,59). The van der Waals surface area contributed by atoms with Crippen molar-refractivity contribution in [3.8, 4) is 11.3 Å². The number of sulfonamides is 1. The lowest BCUT2D eigenvalue weighted by Crippen LogP contribution is -2.39. The minimum Gasteiger partial charge on any atom is -0.383 e. The largest absolute Gasteiger partial charge is 0.419 e. The molecule has 0 radical (unpaired) electrons. The van der Waals surface area contributed by atoms with Crippen molar-refractivity contribution in [2.75, 3.05) is 25.0 Å². The molecular formula is C43H50F6N8O4S. The Labute approximate surface area is 356 Å². The van der Waals surface area contributed by atoms with E-state index < -0.39 is 40.2 Å². The average Bonchev–Trinajstić information content (AvgIpc) is 3.85. The van der Waals surface area contributed by atoms with Gasteiger partial charge < -0.3 is 5.32 Å². The molecule has 3 saturated heterocycles. The number of hydrogen-bond acceptors (Lipinski definition) is 9. The van der Waals surface area contributed by atoms with Crippen LogP contribution in [-0.4, -0.2) is 87.1 Å². The van der Waals surface area contributed by atoms with E-state index in [1.165, 1.54) is 4.31 Å². The molecule has 0 bridgehead atoms. The van der Waals surface area contributed by atoms with Crippen molar-refractivity contribution in [1.82, 2.24) is 34.3 Å². The van der Waals surface area contributed by atoms with E-state index in [9.17, 15) is 44.3 Å². The molecule has 2 aromatic heterocycles. The van der Waals surface area contributed by atoms with Crippen molar-refractivity contribution in [3.05, 3.63) is 89.6 Å².